The Bertz CT molecular complexity index is 340. The molecule has 0 amide bonds. The average Bonchev–Trinajstić information content (AvgIpc) is 3.11. The number of benzene rings is 1. The smallest absolute Gasteiger partial charge is 0.119 e. The Kier molecular flexibility index (Phi) is 4.33. The fourth-order valence-electron chi connectivity index (χ4n) is 1.75. The molecule has 0 saturated heterocycles. The molecule has 1 saturated carbocycles. The maximum absolute atomic E-state index is 6.25. The number of halogens is 1. The first-order valence-electron chi connectivity index (χ1n) is 6.55. The van der Waals surface area contributed by atoms with E-state index in [0.717, 1.165) is 18.6 Å². The van der Waals surface area contributed by atoms with Gasteiger partial charge in [-0.05, 0) is 49.3 Å². The Hall–Kier alpha value is -0.690. The lowest BCUT2D eigenvalue weighted by molar-refractivity contribution is 0.303. The molecule has 1 aromatic rings. The van der Waals surface area contributed by atoms with Crippen LogP contribution < -0.4 is 4.74 Å². The van der Waals surface area contributed by atoms with Crippen LogP contribution in [-0.4, -0.2) is 11.5 Å². The van der Waals surface area contributed by atoms with Crippen LogP contribution in [0.1, 0.15) is 38.7 Å². The van der Waals surface area contributed by atoms with Crippen molar-refractivity contribution in [3.8, 4) is 5.75 Å². The molecule has 0 N–H and O–H groups in total. The molecule has 0 aliphatic heterocycles. The minimum Gasteiger partial charge on any atom is -0.490 e. The normalized spacial score (nSPS) is 17.2. The Morgan fingerprint density at radius 3 is 2.41 bits per heavy atom. The van der Waals surface area contributed by atoms with E-state index in [-0.39, 0.29) is 5.38 Å². The lowest BCUT2D eigenvalue weighted by Gasteiger charge is -2.13. The van der Waals surface area contributed by atoms with Gasteiger partial charge in [0.1, 0.15) is 5.75 Å². The molecule has 0 bridgehead atoms. The maximum Gasteiger partial charge on any atom is 0.119 e. The lowest BCUT2D eigenvalue weighted by Crippen LogP contribution is -2.08. The van der Waals surface area contributed by atoms with Crippen LogP contribution in [0, 0.1) is 5.92 Å². The molecule has 1 fully saturated rings. The predicted molar refractivity (Wildman–Crippen MR) is 72.9 cm³/mol. The van der Waals surface area contributed by atoms with E-state index in [9.17, 15) is 0 Å². The van der Waals surface area contributed by atoms with E-state index in [2.05, 4.69) is 38.1 Å². The van der Waals surface area contributed by atoms with Crippen molar-refractivity contribution in [2.24, 2.45) is 5.92 Å². The van der Waals surface area contributed by atoms with E-state index in [1.807, 2.05) is 0 Å². The van der Waals surface area contributed by atoms with Crippen LogP contribution in [0.15, 0.2) is 24.3 Å². The highest BCUT2D eigenvalue weighted by Gasteiger charge is 2.23. The monoisotopic (exact) mass is 252 g/mol. The van der Waals surface area contributed by atoms with Crippen molar-refractivity contribution in [3.05, 3.63) is 29.8 Å². The molecule has 0 aromatic heterocycles. The van der Waals surface area contributed by atoms with Crippen LogP contribution in [-0.2, 0) is 6.42 Å². The first kappa shape index (κ1) is 12.8. The summed E-state index contributed by atoms with van der Waals surface area (Å²) >= 11 is 6.25. The standard InChI is InChI=1S/C15H21ClO/c1-11(2)15(16)10-5-12-3-6-13(7-4-12)17-14-8-9-14/h3-4,6-7,11,14-15H,5,8-10H2,1-2H3. The third kappa shape index (κ3) is 4.23. The van der Waals surface area contributed by atoms with E-state index >= 15 is 0 Å². The molecule has 0 spiro atoms. The van der Waals surface area contributed by atoms with Crippen LogP contribution >= 0.6 is 11.6 Å². The molecule has 1 aliphatic carbocycles. The van der Waals surface area contributed by atoms with Crippen molar-refractivity contribution in [1.82, 2.24) is 0 Å². The van der Waals surface area contributed by atoms with Crippen molar-refractivity contribution in [2.75, 3.05) is 0 Å². The largest absolute Gasteiger partial charge is 0.490 e. The second-order valence-corrected chi connectivity index (χ2v) is 5.82. The molecule has 1 unspecified atom stereocenters. The molecule has 1 aliphatic rings. The van der Waals surface area contributed by atoms with Gasteiger partial charge in [0.15, 0.2) is 0 Å². The van der Waals surface area contributed by atoms with Crippen molar-refractivity contribution in [3.63, 3.8) is 0 Å². The number of hydrogen-bond acceptors (Lipinski definition) is 1. The van der Waals surface area contributed by atoms with Crippen molar-refractivity contribution in [2.45, 2.75) is 51.0 Å². The van der Waals surface area contributed by atoms with Crippen LogP contribution in [0.2, 0.25) is 0 Å². The van der Waals surface area contributed by atoms with Crippen molar-refractivity contribution in [1.29, 1.82) is 0 Å². The quantitative estimate of drug-likeness (QED) is 0.681. The van der Waals surface area contributed by atoms with Gasteiger partial charge in [0.2, 0.25) is 0 Å². The minimum atomic E-state index is 0.275. The Morgan fingerprint density at radius 1 is 1.24 bits per heavy atom. The fourth-order valence-corrected chi connectivity index (χ4v) is 1.86. The summed E-state index contributed by atoms with van der Waals surface area (Å²) in [6.07, 6.45) is 5.00. The van der Waals surface area contributed by atoms with Gasteiger partial charge >= 0.3 is 0 Å². The van der Waals surface area contributed by atoms with E-state index < -0.39 is 0 Å². The molecule has 1 atom stereocenters. The topological polar surface area (TPSA) is 9.23 Å². The summed E-state index contributed by atoms with van der Waals surface area (Å²) in [4.78, 5) is 0. The van der Waals surface area contributed by atoms with Gasteiger partial charge in [-0.15, -0.1) is 11.6 Å². The summed E-state index contributed by atoms with van der Waals surface area (Å²) in [6.45, 7) is 4.34. The molecule has 94 valence electrons. The van der Waals surface area contributed by atoms with E-state index in [1.54, 1.807) is 0 Å². The van der Waals surface area contributed by atoms with Crippen molar-refractivity contribution < 1.29 is 4.74 Å². The molecule has 0 radical (unpaired) electrons. The first-order valence-corrected chi connectivity index (χ1v) is 6.98. The second-order valence-electron chi connectivity index (χ2n) is 5.26. The number of alkyl halides is 1. The van der Waals surface area contributed by atoms with Crippen LogP contribution in [0.5, 0.6) is 5.75 Å². The van der Waals surface area contributed by atoms with E-state index in [1.165, 1.54) is 18.4 Å². The minimum absolute atomic E-state index is 0.275. The molecule has 0 heterocycles. The maximum atomic E-state index is 6.25. The molecule has 1 aromatic carbocycles. The molecule has 2 rings (SSSR count). The number of ether oxygens (including phenoxy) is 1. The Balaban J connectivity index is 1.80. The zero-order valence-electron chi connectivity index (χ0n) is 10.7. The van der Waals surface area contributed by atoms with Gasteiger partial charge in [0.25, 0.3) is 0 Å². The number of rotatable bonds is 6. The summed E-state index contributed by atoms with van der Waals surface area (Å²) in [5.41, 5.74) is 1.35. The summed E-state index contributed by atoms with van der Waals surface area (Å²) < 4.78 is 5.72. The van der Waals surface area contributed by atoms with Gasteiger partial charge in [-0.3, -0.25) is 0 Å². The highest BCUT2D eigenvalue weighted by molar-refractivity contribution is 6.20. The van der Waals surface area contributed by atoms with Gasteiger partial charge in [0, 0.05) is 5.38 Å². The highest BCUT2D eigenvalue weighted by Crippen LogP contribution is 2.27. The molecule has 2 heteroatoms. The van der Waals surface area contributed by atoms with Crippen LogP contribution in [0.4, 0.5) is 0 Å². The Labute approximate surface area is 109 Å². The van der Waals surface area contributed by atoms with E-state index in [0.29, 0.717) is 12.0 Å². The summed E-state index contributed by atoms with van der Waals surface area (Å²) in [6, 6.07) is 8.46. The number of hydrogen-bond donors (Lipinski definition) is 0. The fraction of sp³-hybridized carbons (Fsp3) is 0.600. The summed E-state index contributed by atoms with van der Waals surface area (Å²) in [7, 11) is 0. The van der Waals surface area contributed by atoms with Gasteiger partial charge in [0.05, 0.1) is 6.10 Å². The van der Waals surface area contributed by atoms with Crippen LogP contribution in [0.25, 0.3) is 0 Å². The Morgan fingerprint density at radius 2 is 1.88 bits per heavy atom. The third-order valence-electron chi connectivity index (χ3n) is 3.18. The SMILES string of the molecule is CC(C)C(Cl)CCc1ccc(OC2CC2)cc1. The molecule has 1 nitrogen and oxygen atoms in total. The zero-order chi connectivity index (χ0) is 12.3. The summed E-state index contributed by atoms with van der Waals surface area (Å²) in [5.74, 6) is 1.55. The number of aryl methyl sites for hydroxylation is 1. The van der Waals surface area contributed by atoms with Crippen molar-refractivity contribution >= 4 is 11.6 Å². The molecule has 17 heavy (non-hydrogen) atoms. The highest BCUT2D eigenvalue weighted by atomic mass is 35.5. The zero-order valence-corrected chi connectivity index (χ0v) is 11.4. The average molecular weight is 253 g/mol. The van der Waals surface area contributed by atoms with Crippen LogP contribution in [0.3, 0.4) is 0 Å². The first-order chi connectivity index (χ1) is 8.15. The molecular formula is C15H21ClO. The third-order valence-corrected chi connectivity index (χ3v) is 3.90. The predicted octanol–water partition coefficient (Wildman–Crippen LogP) is 4.42. The second kappa shape index (κ2) is 5.77. The summed E-state index contributed by atoms with van der Waals surface area (Å²) in [5, 5.41) is 0.275. The molecular weight excluding hydrogens is 232 g/mol. The van der Waals surface area contributed by atoms with E-state index in [4.69, 9.17) is 16.3 Å². The van der Waals surface area contributed by atoms with Gasteiger partial charge < -0.3 is 4.74 Å². The van der Waals surface area contributed by atoms with Gasteiger partial charge in [-0.1, -0.05) is 26.0 Å². The lowest BCUT2D eigenvalue weighted by atomic mass is 10.0. The van der Waals surface area contributed by atoms with Gasteiger partial charge in [-0.25, -0.2) is 0 Å². The van der Waals surface area contributed by atoms with Gasteiger partial charge in [-0.2, -0.15) is 0 Å².